The van der Waals surface area contributed by atoms with Crippen molar-refractivity contribution in [2.24, 2.45) is 0 Å². The van der Waals surface area contributed by atoms with Crippen molar-refractivity contribution in [2.45, 2.75) is 13.3 Å². The largest absolute Gasteiger partial charge is 0.397 e. The molecule has 0 atom stereocenters. The maximum atomic E-state index is 12.1. The van der Waals surface area contributed by atoms with Crippen LogP contribution in [0.2, 0.25) is 0 Å². The Morgan fingerprint density at radius 3 is 2.86 bits per heavy atom. The quantitative estimate of drug-likeness (QED) is 0.706. The van der Waals surface area contributed by atoms with Gasteiger partial charge in [-0.1, -0.05) is 12.1 Å². The van der Waals surface area contributed by atoms with E-state index in [4.69, 9.17) is 15.7 Å². The lowest BCUT2D eigenvalue weighted by atomic mass is 10.1. The van der Waals surface area contributed by atoms with Gasteiger partial charge in [0.2, 0.25) is 5.91 Å². The topological polar surface area (TPSA) is 91.4 Å². The van der Waals surface area contributed by atoms with Gasteiger partial charge in [0.05, 0.1) is 30.6 Å². The molecule has 0 aliphatic heterocycles. The number of benzene rings is 1. The van der Waals surface area contributed by atoms with Crippen LogP contribution in [0.25, 0.3) is 0 Å². The number of nitrogens with one attached hydrogen (secondary N) is 1. The zero-order valence-corrected chi connectivity index (χ0v) is 12.6. The molecule has 0 saturated heterocycles. The average molecular weight is 290 g/mol. The van der Waals surface area contributed by atoms with Crippen molar-refractivity contribution >= 4 is 17.3 Å². The van der Waals surface area contributed by atoms with Gasteiger partial charge in [-0.15, -0.1) is 0 Å². The molecule has 1 amide bonds. The van der Waals surface area contributed by atoms with Crippen LogP contribution in [-0.4, -0.2) is 44.2 Å². The highest BCUT2D eigenvalue weighted by molar-refractivity contribution is 5.96. The van der Waals surface area contributed by atoms with Crippen LogP contribution in [0, 0.1) is 18.3 Å². The smallest absolute Gasteiger partial charge is 0.238 e. The molecule has 114 valence electrons. The van der Waals surface area contributed by atoms with Gasteiger partial charge in [-0.3, -0.25) is 9.69 Å². The van der Waals surface area contributed by atoms with Crippen molar-refractivity contribution in [3.05, 3.63) is 23.8 Å². The fraction of sp³-hybridized carbons (Fsp3) is 0.467. The summed E-state index contributed by atoms with van der Waals surface area (Å²) in [5.41, 5.74) is 7.98. The molecule has 0 aliphatic carbocycles. The van der Waals surface area contributed by atoms with E-state index in [0.29, 0.717) is 37.5 Å². The maximum absolute atomic E-state index is 12.1. The Labute approximate surface area is 125 Å². The van der Waals surface area contributed by atoms with E-state index < -0.39 is 0 Å². The number of nitriles is 1. The van der Waals surface area contributed by atoms with Gasteiger partial charge in [0.25, 0.3) is 0 Å². The minimum atomic E-state index is -0.148. The van der Waals surface area contributed by atoms with E-state index in [1.807, 2.05) is 24.0 Å². The lowest BCUT2D eigenvalue weighted by Gasteiger charge is -2.20. The van der Waals surface area contributed by atoms with Crippen LogP contribution in [0.3, 0.4) is 0 Å². The number of nitrogens with zero attached hydrogens (tertiary/aromatic N) is 2. The number of nitrogens with two attached hydrogens (primary N) is 1. The lowest BCUT2D eigenvalue weighted by Crippen LogP contribution is -2.36. The molecule has 0 heterocycles. The summed E-state index contributed by atoms with van der Waals surface area (Å²) in [5, 5.41) is 11.5. The third-order valence-corrected chi connectivity index (χ3v) is 3.09. The number of hydrogen-bond acceptors (Lipinski definition) is 5. The van der Waals surface area contributed by atoms with Crippen LogP contribution in [0.4, 0.5) is 11.4 Å². The molecule has 0 bridgehead atoms. The first-order valence-electron chi connectivity index (χ1n) is 6.81. The first-order valence-corrected chi connectivity index (χ1v) is 6.81. The lowest BCUT2D eigenvalue weighted by molar-refractivity contribution is -0.117. The molecular formula is C15H22N4O2. The van der Waals surface area contributed by atoms with E-state index in [-0.39, 0.29) is 12.5 Å². The Kier molecular flexibility index (Phi) is 7.23. The Balaban J connectivity index is 2.62. The van der Waals surface area contributed by atoms with E-state index in [1.165, 1.54) is 0 Å². The first kappa shape index (κ1) is 17.0. The predicted molar refractivity (Wildman–Crippen MR) is 82.8 cm³/mol. The Bertz CT molecular complexity index is 491. The van der Waals surface area contributed by atoms with Gasteiger partial charge in [0.1, 0.15) is 0 Å². The van der Waals surface area contributed by atoms with E-state index >= 15 is 0 Å². The number of para-hydroxylation sites is 1. The second kappa shape index (κ2) is 8.95. The zero-order chi connectivity index (χ0) is 15.7. The number of rotatable bonds is 8. The minimum Gasteiger partial charge on any atom is -0.397 e. The van der Waals surface area contributed by atoms with Crippen LogP contribution >= 0.6 is 0 Å². The van der Waals surface area contributed by atoms with Crippen molar-refractivity contribution in [3.63, 3.8) is 0 Å². The fourth-order valence-electron chi connectivity index (χ4n) is 1.94. The van der Waals surface area contributed by atoms with Crippen molar-refractivity contribution in [1.82, 2.24) is 4.90 Å². The molecule has 0 spiro atoms. The third kappa shape index (κ3) is 5.81. The van der Waals surface area contributed by atoms with Crippen molar-refractivity contribution in [2.75, 3.05) is 44.4 Å². The zero-order valence-electron chi connectivity index (χ0n) is 12.6. The molecule has 0 unspecified atom stereocenters. The second-order valence-electron chi connectivity index (χ2n) is 4.76. The van der Waals surface area contributed by atoms with Crippen molar-refractivity contribution in [1.29, 1.82) is 5.26 Å². The highest BCUT2D eigenvalue weighted by Gasteiger charge is 2.12. The molecule has 0 fully saturated rings. The molecule has 0 radical (unpaired) electrons. The summed E-state index contributed by atoms with van der Waals surface area (Å²) in [4.78, 5) is 14.0. The molecule has 6 heteroatoms. The summed E-state index contributed by atoms with van der Waals surface area (Å²) in [6, 6.07) is 7.57. The Morgan fingerprint density at radius 2 is 2.24 bits per heavy atom. The van der Waals surface area contributed by atoms with E-state index in [1.54, 1.807) is 13.2 Å². The van der Waals surface area contributed by atoms with E-state index in [0.717, 1.165) is 5.56 Å². The summed E-state index contributed by atoms with van der Waals surface area (Å²) in [5.74, 6) is -0.148. The molecule has 1 aromatic rings. The Morgan fingerprint density at radius 1 is 1.48 bits per heavy atom. The number of carbonyl (C=O) groups excluding carboxylic acids is 1. The second-order valence-corrected chi connectivity index (χ2v) is 4.76. The van der Waals surface area contributed by atoms with Crippen LogP contribution in [0.15, 0.2) is 18.2 Å². The molecule has 3 N–H and O–H groups in total. The number of carbonyl (C=O) groups is 1. The number of methoxy groups -OCH3 is 1. The molecular weight excluding hydrogens is 268 g/mol. The molecule has 0 aliphatic rings. The van der Waals surface area contributed by atoms with Gasteiger partial charge in [0, 0.05) is 26.6 Å². The normalized spacial score (nSPS) is 10.4. The monoisotopic (exact) mass is 290 g/mol. The summed E-state index contributed by atoms with van der Waals surface area (Å²) >= 11 is 0. The van der Waals surface area contributed by atoms with E-state index in [9.17, 15) is 4.79 Å². The van der Waals surface area contributed by atoms with Crippen LogP contribution < -0.4 is 11.1 Å². The maximum Gasteiger partial charge on any atom is 0.238 e. The number of anilines is 2. The van der Waals surface area contributed by atoms with Crippen LogP contribution in [-0.2, 0) is 9.53 Å². The third-order valence-electron chi connectivity index (χ3n) is 3.09. The molecule has 21 heavy (non-hydrogen) atoms. The first-order chi connectivity index (χ1) is 10.1. The fourth-order valence-corrected chi connectivity index (χ4v) is 1.94. The standard InChI is InChI=1S/C15H22N4O2/c1-12-5-3-6-13(17)15(12)18-14(20)11-19(8-4-7-16)9-10-21-2/h3,5-6H,4,8-11,17H2,1-2H3,(H,18,20). The summed E-state index contributed by atoms with van der Waals surface area (Å²) < 4.78 is 5.01. The number of ether oxygens (including phenoxy) is 1. The molecule has 1 aromatic carbocycles. The number of hydrogen-bond donors (Lipinski definition) is 2. The highest BCUT2D eigenvalue weighted by atomic mass is 16.5. The molecule has 0 aromatic heterocycles. The molecule has 1 rings (SSSR count). The van der Waals surface area contributed by atoms with Gasteiger partial charge >= 0.3 is 0 Å². The van der Waals surface area contributed by atoms with Crippen molar-refractivity contribution < 1.29 is 9.53 Å². The Hall–Kier alpha value is -2.10. The van der Waals surface area contributed by atoms with Crippen LogP contribution in [0.5, 0.6) is 0 Å². The summed E-state index contributed by atoms with van der Waals surface area (Å²) in [6.07, 6.45) is 0.378. The summed E-state index contributed by atoms with van der Waals surface area (Å²) in [7, 11) is 1.61. The van der Waals surface area contributed by atoms with Gasteiger partial charge in [-0.05, 0) is 18.6 Å². The van der Waals surface area contributed by atoms with Gasteiger partial charge in [0.15, 0.2) is 0 Å². The number of amides is 1. The predicted octanol–water partition coefficient (Wildman–Crippen LogP) is 1.38. The van der Waals surface area contributed by atoms with Gasteiger partial charge in [-0.25, -0.2) is 0 Å². The number of aryl methyl sites for hydroxylation is 1. The summed E-state index contributed by atoms with van der Waals surface area (Å²) in [6.45, 7) is 3.76. The van der Waals surface area contributed by atoms with Gasteiger partial charge in [-0.2, -0.15) is 5.26 Å². The minimum absolute atomic E-state index is 0.148. The SMILES string of the molecule is COCCN(CCC#N)CC(=O)Nc1c(C)cccc1N. The molecule has 6 nitrogen and oxygen atoms in total. The highest BCUT2D eigenvalue weighted by Crippen LogP contribution is 2.22. The van der Waals surface area contributed by atoms with Crippen molar-refractivity contribution in [3.8, 4) is 6.07 Å². The van der Waals surface area contributed by atoms with Gasteiger partial charge < -0.3 is 15.8 Å². The average Bonchev–Trinajstić information content (AvgIpc) is 2.46. The van der Waals surface area contributed by atoms with E-state index in [2.05, 4.69) is 11.4 Å². The molecule has 0 saturated carbocycles. The number of nitrogen functional groups attached to an aromatic ring is 1. The van der Waals surface area contributed by atoms with Crippen LogP contribution in [0.1, 0.15) is 12.0 Å².